The highest BCUT2D eigenvalue weighted by molar-refractivity contribution is 5.30. The van der Waals surface area contributed by atoms with Gasteiger partial charge in [-0.2, -0.15) is 0 Å². The van der Waals surface area contributed by atoms with Crippen LogP contribution < -0.4 is 4.74 Å². The summed E-state index contributed by atoms with van der Waals surface area (Å²) < 4.78 is 18.8. The number of hydrogen-bond acceptors (Lipinski definition) is 2. The van der Waals surface area contributed by atoms with Crippen LogP contribution in [0.15, 0.2) is 42.5 Å². The van der Waals surface area contributed by atoms with E-state index in [4.69, 9.17) is 4.74 Å². The van der Waals surface area contributed by atoms with E-state index in [2.05, 4.69) is 0 Å². The van der Waals surface area contributed by atoms with Crippen LogP contribution in [0.5, 0.6) is 5.75 Å². The minimum absolute atomic E-state index is 0.318. The Kier molecular flexibility index (Phi) is 4.74. The van der Waals surface area contributed by atoms with Crippen LogP contribution in [0.4, 0.5) is 4.39 Å². The van der Waals surface area contributed by atoms with Crippen LogP contribution in [-0.4, -0.2) is 12.2 Å². The molecule has 3 heteroatoms. The molecule has 1 unspecified atom stereocenters. The van der Waals surface area contributed by atoms with Crippen LogP contribution in [0.1, 0.15) is 29.2 Å². The van der Waals surface area contributed by atoms with Gasteiger partial charge in [-0.15, -0.1) is 0 Å². The van der Waals surface area contributed by atoms with E-state index in [9.17, 15) is 9.50 Å². The Bertz CT molecular complexity index is 564. The second-order valence-corrected chi connectivity index (χ2v) is 4.93. The maximum absolute atomic E-state index is 13.8. The van der Waals surface area contributed by atoms with E-state index in [0.29, 0.717) is 24.2 Å². The van der Waals surface area contributed by atoms with E-state index in [0.717, 1.165) is 5.56 Å². The summed E-state index contributed by atoms with van der Waals surface area (Å²) in [6.45, 7) is 2.03. The van der Waals surface area contributed by atoms with Crippen molar-refractivity contribution in [1.29, 1.82) is 0 Å². The molecule has 0 saturated carbocycles. The number of hydrogen-bond donors (Lipinski definition) is 1. The molecular formula is C17H19FO2. The summed E-state index contributed by atoms with van der Waals surface area (Å²) in [6.07, 6.45) is 0.404. The molecule has 0 aliphatic carbocycles. The van der Waals surface area contributed by atoms with Gasteiger partial charge in [-0.05, 0) is 37.5 Å². The molecule has 0 amide bonds. The lowest BCUT2D eigenvalue weighted by molar-refractivity contribution is 0.163. The number of methoxy groups -OCH3 is 1. The first-order valence-corrected chi connectivity index (χ1v) is 6.67. The summed E-state index contributed by atoms with van der Waals surface area (Å²) in [5.74, 6) is 0.0257. The molecular weight excluding hydrogens is 255 g/mol. The van der Waals surface area contributed by atoms with Crippen LogP contribution in [-0.2, 0) is 6.42 Å². The molecule has 0 aliphatic rings. The average Bonchev–Trinajstić information content (AvgIpc) is 2.46. The van der Waals surface area contributed by atoms with Gasteiger partial charge in [-0.3, -0.25) is 0 Å². The maximum atomic E-state index is 13.8. The lowest BCUT2D eigenvalue weighted by Gasteiger charge is -2.13. The van der Waals surface area contributed by atoms with Crippen molar-refractivity contribution in [2.45, 2.75) is 25.9 Å². The second kappa shape index (κ2) is 6.53. The first-order valence-electron chi connectivity index (χ1n) is 6.67. The van der Waals surface area contributed by atoms with Gasteiger partial charge in [0.2, 0.25) is 0 Å². The molecule has 1 N–H and O–H groups in total. The lowest BCUT2D eigenvalue weighted by Crippen LogP contribution is -2.03. The number of rotatable bonds is 5. The van der Waals surface area contributed by atoms with Gasteiger partial charge >= 0.3 is 0 Å². The highest BCUT2D eigenvalue weighted by Crippen LogP contribution is 2.25. The molecule has 0 heterocycles. The zero-order valence-corrected chi connectivity index (χ0v) is 11.8. The molecule has 0 radical (unpaired) electrons. The average molecular weight is 274 g/mol. The van der Waals surface area contributed by atoms with Gasteiger partial charge in [0.05, 0.1) is 13.2 Å². The summed E-state index contributed by atoms with van der Waals surface area (Å²) in [5.41, 5.74) is 2.66. The number of benzene rings is 2. The first-order chi connectivity index (χ1) is 9.60. The molecule has 0 aliphatic heterocycles. The highest BCUT2D eigenvalue weighted by atomic mass is 19.1. The summed E-state index contributed by atoms with van der Waals surface area (Å²) >= 11 is 0. The molecule has 0 aromatic heterocycles. The predicted octanol–water partition coefficient (Wildman–Crippen LogP) is 3.81. The van der Waals surface area contributed by atoms with Crippen LogP contribution >= 0.6 is 0 Å². The molecule has 20 heavy (non-hydrogen) atoms. The second-order valence-electron chi connectivity index (χ2n) is 4.93. The summed E-state index contributed by atoms with van der Waals surface area (Å²) in [4.78, 5) is 0. The molecule has 2 aromatic rings. The fourth-order valence-corrected chi connectivity index (χ4v) is 2.12. The van der Waals surface area contributed by atoms with E-state index < -0.39 is 11.9 Å². The summed E-state index contributed by atoms with van der Waals surface area (Å²) in [7, 11) is 1.49. The van der Waals surface area contributed by atoms with E-state index in [1.54, 1.807) is 12.1 Å². The van der Waals surface area contributed by atoms with Crippen LogP contribution in [0.25, 0.3) is 0 Å². The Hall–Kier alpha value is -1.87. The molecule has 0 bridgehead atoms. The third-order valence-corrected chi connectivity index (χ3v) is 3.39. The smallest absolute Gasteiger partial charge is 0.132 e. The Morgan fingerprint density at radius 3 is 2.45 bits per heavy atom. The largest absolute Gasteiger partial charge is 0.497 e. The van der Waals surface area contributed by atoms with E-state index in [-0.39, 0.29) is 0 Å². The first kappa shape index (κ1) is 14.5. The van der Waals surface area contributed by atoms with Crippen LogP contribution in [0.2, 0.25) is 0 Å². The highest BCUT2D eigenvalue weighted by Gasteiger charge is 2.13. The summed E-state index contributed by atoms with van der Waals surface area (Å²) in [5, 5.41) is 10.1. The van der Waals surface area contributed by atoms with Gasteiger partial charge in [0.25, 0.3) is 0 Å². The minimum Gasteiger partial charge on any atom is -0.497 e. The van der Waals surface area contributed by atoms with E-state index in [1.165, 1.54) is 18.7 Å². The number of aliphatic hydroxyl groups excluding tert-OH is 1. The normalized spacial score (nSPS) is 12.2. The molecule has 0 spiro atoms. The molecule has 1 atom stereocenters. The van der Waals surface area contributed by atoms with Crippen molar-refractivity contribution in [3.63, 3.8) is 0 Å². The topological polar surface area (TPSA) is 29.5 Å². The SMILES string of the molecule is COc1ccc(C(O)CCc2ccc(C)cc2)c(F)c1. The zero-order chi connectivity index (χ0) is 14.5. The van der Waals surface area contributed by atoms with Crippen molar-refractivity contribution in [3.05, 3.63) is 65.0 Å². The number of aryl methyl sites for hydroxylation is 2. The lowest BCUT2D eigenvalue weighted by atomic mass is 10.0. The van der Waals surface area contributed by atoms with E-state index in [1.807, 2.05) is 31.2 Å². The summed E-state index contributed by atoms with van der Waals surface area (Å²) in [6, 6.07) is 12.7. The number of ether oxygens (including phenoxy) is 1. The third kappa shape index (κ3) is 3.58. The Balaban J connectivity index is 2.01. The molecule has 0 saturated heterocycles. The Morgan fingerprint density at radius 1 is 1.15 bits per heavy atom. The van der Waals surface area contributed by atoms with Gasteiger partial charge in [0, 0.05) is 11.6 Å². The quantitative estimate of drug-likeness (QED) is 0.898. The van der Waals surface area contributed by atoms with Crippen molar-refractivity contribution in [2.24, 2.45) is 0 Å². The molecule has 2 aromatic carbocycles. The zero-order valence-electron chi connectivity index (χ0n) is 11.8. The fraction of sp³-hybridized carbons (Fsp3) is 0.294. The fourth-order valence-electron chi connectivity index (χ4n) is 2.12. The van der Waals surface area contributed by atoms with E-state index >= 15 is 0 Å². The van der Waals surface area contributed by atoms with Gasteiger partial charge in [0.1, 0.15) is 11.6 Å². The standard InChI is InChI=1S/C17H19FO2/c1-12-3-5-13(6-4-12)7-10-17(19)15-9-8-14(20-2)11-16(15)18/h3-6,8-9,11,17,19H,7,10H2,1-2H3. The van der Waals surface area contributed by atoms with Gasteiger partial charge in [0.15, 0.2) is 0 Å². The Labute approximate surface area is 118 Å². The van der Waals surface area contributed by atoms with Gasteiger partial charge in [-0.1, -0.05) is 29.8 Å². The molecule has 2 rings (SSSR count). The third-order valence-electron chi connectivity index (χ3n) is 3.39. The molecule has 2 nitrogen and oxygen atoms in total. The number of halogens is 1. The number of aliphatic hydroxyl groups is 1. The maximum Gasteiger partial charge on any atom is 0.132 e. The van der Waals surface area contributed by atoms with Gasteiger partial charge < -0.3 is 9.84 Å². The predicted molar refractivity (Wildman–Crippen MR) is 77.4 cm³/mol. The monoisotopic (exact) mass is 274 g/mol. The Morgan fingerprint density at radius 2 is 1.85 bits per heavy atom. The minimum atomic E-state index is -0.804. The van der Waals surface area contributed by atoms with Crippen LogP contribution in [0.3, 0.4) is 0 Å². The van der Waals surface area contributed by atoms with Crippen molar-refractivity contribution in [1.82, 2.24) is 0 Å². The van der Waals surface area contributed by atoms with Crippen molar-refractivity contribution >= 4 is 0 Å². The molecule has 0 fully saturated rings. The van der Waals surface area contributed by atoms with Crippen LogP contribution in [0, 0.1) is 12.7 Å². The van der Waals surface area contributed by atoms with Crippen molar-refractivity contribution in [3.8, 4) is 5.75 Å². The molecule has 106 valence electrons. The van der Waals surface area contributed by atoms with Crippen molar-refractivity contribution in [2.75, 3.05) is 7.11 Å². The van der Waals surface area contributed by atoms with Gasteiger partial charge in [-0.25, -0.2) is 4.39 Å². The van der Waals surface area contributed by atoms with Crippen molar-refractivity contribution < 1.29 is 14.2 Å².